The summed E-state index contributed by atoms with van der Waals surface area (Å²) in [7, 11) is 0. The average Bonchev–Trinajstić information content (AvgIpc) is 2.93. The SMILES string of the molecule is CCC(CC)C(=O)Nc1onc(-c2cccnc2)c1C(=O)O. The van der Waals surface area contributed by atoms with Crippen LogP contribution in [0.25, 0.3) is 11.3 Å². The fourth-order valence-corrected chi connectivity index (χ4v) is 2.15. The zero-order valence-electron chi connectivity index (χ0n) is 12.4. The van der Waals surface area contributed by atoms with Crippen molar-refractivity contribution in [3.63, 3.8) is 0 Å². The third-order valence-electron chi connectivity index (χ3n) is 3.43. The van der Waals surface area contributed by atoms with E-state index in [0.717, 1.165) is 0 Å². The lowest BCUT2D eigenvalue weighted by molar-refractivity contribution is -0.120. The molecule has 0 spiro atoms. The Bertz CT molecular complexity index is 663. The summed E-state index contributed by atoms with van der Waals surface area (Å²) in [4.78, 5) is 27.5. The fourth-order valence-electron chi connectivity index (χ4n) is 2.15. The van der Waals surface area contributed by atoms with Crippen molar-refractivity contribution < 1.29 is 19.2 Å². The molecule has 7 nitrogen and oxygen atoms in total. The monoisotopic (exact) mass is 303 g/mol. The maximum absolute atomic E-state index is 12.1. The van der Waals surface area contributed by atoms with Gasteiger partial charge >= 0.3 is 5.97 Å². The van der Waals surface area contributed by atoms with Crippen molar-refractivity contribution in [1.29, 1.82) is 0 Å². The van der Waals surface area contributed by atoms with Crippen molar-refractivity contribution in [2.24, 2.45) is 5.92 Å². The van der Waals surface area contributed by atoms with Crippen LogP contribution in [0.2, 0.25) is 0 Å². The molecule has 0 saturated carbocycles. The summed E-state index contributed by atoms with van der Waals surface area (Å²) in [6.45, 7) is 3.79. The predicted octanol–water partition coefficient (Wildman–Crippen LogP) is 2.81. The lowest BCUT2D eigenvalue weighted by Gasteiger charge is -2.10. The number of rotatable bonds is 6. The highest BCUT2D eigenvalue weighted by Gasteiger charge is 2.26. The van der Waals surface area contributed by atoms with E-state index in [1.54, 1.807) is 18.3 Å². The first-order valence-corrected chi connectivity index (χ1v) is 7.02. The Morgan fingerprint density at radius 2 is 2.09 bits per heavy atom. The van der Waals surface area contributed by atoms with E-state index >= 15 is 0 Å². The average molecular weight is 303 g/mol. The molecule has 0 aliphatic heterocycles. The second-order valence-corrected chi connectivity index (χ2v) is 4.78. The minimum atomic E-state index is -1.22. The Kier molecular flexibility index (Phi) is 4.88. The number of nitrogens with one attached hydrogen (secondary N) is 1. The van der Waals surface area contributed by atoms with Gasteiger partial charge in [0.25, 0.3) is 0 Å². The number of aromatic nitrogens is 2. The molecule has 0 saturated heterocycles. The molecule has 2 N–H and O–H groups in total. The van der Waals surface area contributed by atoms with Crippen LogP contribution in [0.5, 0.6) is 0 Å². The topological polar surface area (TPSA) is 105 Å². The lowest BCUT2D eigenvalue weighted by atomic mass is 10.0. The Morgan fingerprint density at radius 3 is 2.64 bits per heavy atom. The van der Waals surface area contributed by atoms with Gasteiger partial charge in [-0.2, -0.15) is 0 Å². The number of hydrogen-bond acceptors (Lipinski definition) is 5. The molecule has 2 aromatic heterocycles. The van der Waals surface area contributed by atoms with Crippen molar-refractivity contribution in [3.8, 4) is 11.3 Å². The second kappa shape index (κ2) is 6.84. The van der Waals surface area contributed by atoms with Gasteiger partial charge in [0.1, 0.15) is 5.69 Å². The van der Waals surface area contributed by atoms with Crippen molar-refractivity contribution >= 4 is 17.8 Å². The first-order chi connectivity index (χ1) is 10.6. The highest BCUT2D eigenvalue weighted by Crippen LogP contribution is 2.29. The van der Waals surface area contributed by atoms with E-state index < -0.39 is 5.97 Å². The maximum Gasteiger partial charge on any atom is 0.343 e. The highest BCUT2D eigenvalue weighted by atomic mass is 16.5. The van der Waals surface area contributed by atoms with Crippen molar-refractivity contribution in [1.82, 2.24) is 10.1 Å². The number of anilines is 1. The van der Waals surface area contributed by atoms with Crippen molar-refractivity contribution in [2.75, 3.05) is 5.32 Å². The predicted molar refractivity (Wildman–Crippen MR) is 79.4 cm³/mol. The van der Waals surface area contributed by atoms with Crippen LogP contribution in [0.4, 0.5) is 5.88 Å². The molecule has 0 unspecified atom stereocenters. The Balaban J connectivity index is 2.36. The number of carbonyl (C=O) groups is 2. The minimum absolute atomic E-state index is 0.139. The normalized spacial score (nSPS) is 10.7. The van der Waals surface area contributed by atoms with Gasteiger partial charge in [-0.05, 0) is 25.0 Å². The first kappa shape index (κ1) is 15.7. The molecule has 0 radical (unpaired) electrons. The molecule has 2 aromatic rings. The molecular weight excluding hydrogens is 286 g/mol. The first-order valence-electron chi connectivity index (χ1n) is 7.02. The molecular formula is C15H17N3O4. The zero-order chi connectivity index (χ0) is 16.1. The summed E-state index contributed by atoms with van der Waals surface area (Å²) in [6, 6.07) is 3.34. The van der Waals surface area contributed by atoms with Crippen LogP contribution in [0.3, 0.4) is 0 Å². The Hall–Kier alpha value is -2.70. The number of nitrogens with zero attached hydrogens (tertiary/aromatic N) is 2. The van der Waals surface area contributed by atoms with E-state index in [0.29, 0.717) is 18.4 Å². The number of amides is 1. The molecule has 2 rings (SSSR count). The van der Waals surface area contributed by atoms with Crippen molar-refractivity contribution in [2.45, 2.75) is 26.7 Å². The molecule has 0 aromatic carbocycles. The molecule has 7 heteroatoms. The van der Waals surface area contributed by atoms with Gasteiger partial charge in [-0.15, -0.1) is 0 Å². The van der Waals surface area contributed by atoms with E-state index in [1.807, 2.05) is 13.8 Å². The van der Waals surface area contributed by atoms with E-state index in [2.05, 4.69) is 15.5 Å². The van der Waals surface area contributed by atoms with Gasteiger partial charge in [-0.3, -0.25) is 15.1 Å². The van der Waals surface area contributed by atoms with Gasteiger partial charge in [0, 0.05) is 23.9 Å². The van der Waals surface area contributed by atoms with Crippen LogP contribution < -0.4 is 5.32 Å². The van der Waals surface area contributed by atoms with Gasteiger partial charge in [-0.1, -0.05) is 19.0 Å². The number of pyridine rings is 1. The quantitative estimate of drug-likeness (QED) is 0.850. The van der Waals surface area contributed by atoms with Gasteiger partial charge in [-0.25, -0.2) is 4.79 Å². The van der Waals surface area contributed by atoms with Crippen LogP contribution in [0.1, 0.15) is 37.0 Å². The molecule has 0 aliphatic rings. The molecule has 0 atom stereocenters. The summed E-state index contributed by atoms with van der Waals surface area (Å²) in [6.07, 6.45) is 4.37. The smallest absolute Gasteiger partial charge is 0.343 e. The second-order valence-electron chi connectivity index (χ2n) is 4.78. The third-order valence-corrected chi connectivity index (χ3v) is 3.43. The molecule has 2 heterocycles. The van der Waals surface area contributed by atoms with Crippen LogP contribution >= 0.6 is 0 Å². The largest absolute Gasteiger partial charge is 0.477 e. The van der Waals surface area contributed by atoms with Gasteiger partial charge in [0.2, 0.25) is 11.8 Å². The number of carboxylic acids is 1. The lowest BCUT2D eigenvalue weighted by Crippen LogP contribution is -2.22. The highest BCUT2D eigenvalue weighted by molar-refractivity contribution is 6.03. The fraction of sp³-hybridized carbons (Fsp3) is 0.333. The van der Waals surface area contributed by atoms with E-state index in [-0.39, 0.29) is 29.0 Å². The molecule has 0 fully saturated rings. The Labute approximate surface area is 127 Å². The van der Waals surface area contributed by atoms with Crippen LogP contribution in [0, 0.1) is 5.92 Å². The summed E-state index contributed by atoms with van der Waals surface area (Å²) in [5.74, 6) is -1.85. The Morgan fingerprint density at radius 1 is 1.36 bits per heavy atom. The van der Waals surface area contributed by atoms with Crippen molar-refractivity contribution in [3.05, 3.63) is 30.1 Å². The molecule has 0 aliphatic carbocycles. The van der Waals surface area contributed by atoms with E-state index in [1.165, 1.54) is 6.20 Å². The summed E-state index contributed by atoms with van der Waals surface area (Å²) in [5.41, 5.74) is 0.472. The number of aromatic carboxylic acids is 1. The van der Waals surface area contributed by atoms with Gasteiger partial charge in [0.15, 0.2) is 5.56 Å². The van der Waals surface area contributed by atoms with Gasteiger partial charge in [0.05, 0.1) is 0 Å². The van der Waals surface area contributed by atoms with E-state index in [9.17, 15) is 14.7 Å². The number of carbonyl (C=O) groups excluding carboxylic acids is 1. The van der Waals surface area contributed by atoms with Crippen LogP contribution in [0.15, 0.2) is 29.0 Å². The number of carboxylic acid groups (broad SMARTS) is 1. The maximum atomic E-state index is 12.1. The molecule has 116 valence electrons. The minimum Gasteiger partial charge on any atom is -0.477 e. The van der Waals surface area contributed by atoms with Gasteiger partial charge < -0.3 is 9.63 Å². The standard InChI is InChI=1S/C15H17N3O4/c1-3-9(4-2)13(19)17-14-11(15(20)21)12(18-22-14)10-6-5-7-16-8-10/h5-9H,3-4H2,1-2H3,(H,17,19)(H,20,21). The summed E-state index contributed by atoms with van der Waals surface area (Å²) in [5, 5.41) is 15.7. The third kappa shape index (κ3) is 3.13. The summed E-state index contributed by atoms with van der Waals surface area (Å²) < 4.78 is 5.03. The summed E-state index contributed by atoms with van der Waals surface area (Å²) >= 11 is 0. The van der Waals surface area contributed by atoms with Crippen LogP contribution in [-0.4, -0.2) is 27.1 Å². The number of hydrogen-bond donors (Lipinski definition) is 2. The molecule has 0 bridgehead atoms. The zero-order valence-corrected chi connectivity index (χ0v) is 12.4. The van der Waals surface area contributed by atoms with E-state index in [4.69, 9.17) is 4.52 Å². The van der Waals surface area contributed by atoms with Crippen LogP contribution in [-0.2, 0) is 4.79 Å². The molecule has 22 heavy (non-hydrogen) atoms. The molecule has 1 amide bonds.